The van der Waals surface area contributed by atoms with Crippen LogP contribution in [0.1, 0.15) is 12.5 Å². The van der Waals surface area contributed by atoms with E-state index in [4.69, 9.17) is 23.2 Å². The number of nitrogens with one attached hydrogen (secondary N) is 1. The molecule has 0 saturated heterocycles. The van der Waals surface area contributed by atoms with Crippen molar-refractivity contribution < 1.29 is 26.4 Å². The van der Waals surface area contributed by atoms with Crippen molar-refractivity contribution in [2.24, 2.45) is 0 Å². The zero-order chi connectivity index (χ0) is 21.3. The second-order valence-corrected chi connectivity index (χ2v) is 8.60. The molecule has 2 rings (SSSR count). The lowest BCUT2D eigenvalue weighted by Crippen LogP contribution is -2.45. The van der Waals surface area contributed by atoms with Gasteiger partial charge in [-0.05, 0) is 49.4 Å². The minimum Gasteiger partial charge on any atom is -0.323 e. The molecule has 0 bridgehead atoms. The third-order valence-corrected chi connectivity index (χ3v) is 5.54. The third-order valence-electron chi connectivity index (χ3n) is 3.72. The molecule has 0 fully saturated rings. The number of amides is 1. The Bertz CT molecular complexity index is 980. The Morgan fingerprint density at radius 3 is 2.18 bits per heavy atom. The highest BCUT2D eigenvalue weighted by atomic mass is 35.5. The van der Waals surface area contributed by atoms with Crippen LogP contribution in [-0.4, -0.2) is 26.6 Å². The Kier molecular flexibility index (Phi) is 6.52. The second kappa shape index (κ2) is 8.18. The summed E-state index contributed by atoms with van der Waals surface area (Å²) < 4.78 is 63.9. The van der Waals surface area contributed by atoms with Gasteiger partial charge in [-0.25, -0.2) is 8.42 Å². The number of carbonyl (C=O) groups excluding carboxylic acids is 1. The summed E-state index contributed by atoms with van der Waals surface area (Å²) in [5, 5.41) is 2.50. The number of alkyl halides is 3. The maximum atomic E-state index is 12.9. The molecule has 0 radical (unpaired) electrons. The number of anilines is 2. The lowest BCUT2D eigenvalue weighted by molar-refractivity contribution is -0.137. The lowest BCUT2D eigenvalue weighted by Gasteiger charge is -2.28. The van der Waals surface area contributed by atoms with E-state index < -0.39 is 33.7 Å². The molecule has 11 heteroatoms. The molecule has 0 spiro atoms. The fraction of sp³-hybridized carbons (Fsp3) is 0.235. The molecule has 2 aromatic rings. The van der Waals surface area contributed by atoms with Gasteiger partial charge < -0.3 is 5.32 Å². The van der Waals surface area contributed by atoms with Crippen molar-refractivity contribution in [3.8, 4) is 0 Å². The fourth-order valence-corrected chi connectivity index (χ4v) is 3.90. The predicted octanol–water partition coefficient (Wildman–Crippen LogP) is 4.81. The summed E-state index contributed by atoms with van der Waals surface area (Å²) in [6.07, 6.45) is -3.72. The van der Waals surface area contributed by atoms with Crippen LogP contribution < -0.4 is 9.62 Å². The van der Waals surface area contributed by atoms with Crippen LogP contribution in [0.2, 0.25) is 10.0 Å². The number of carbonyl (C=O) groups is 1. The summed E-state index contributed by atoms with van der Waals surface area (Å²) in [4.78, 5) is 12.6. The molecule has 1 N–H and O–H groups in total. The van der Waals surface area contributed by atoms with Gasteiger partial charge in [0, 0.05) is 5.02 Å². The van der Waals surface area contributed by atoms with Crippen LogP contribution in [0.25, 0.3) is 0 Å². The van der Waals surface area contributed by atoms with Crippen LogP contribution >= 0.6 is 23.2 Å². The number of hydrogen-bond acceptors (Lipinski definition) is 3. The van der Waals surface area contributed by atoms with Gasteiger partial charge in [0.15, 0.2) is 0 Å². The molecule has 0 aliphatic carbocycles. The first kappa shape index (κ1) is 22.3. The van der Waals surface area contributed by atoms with E-state index in [0.29, 0.717) is 11.1 Å². The van der Waals surface area contributed by atoms with Crippen molar-refractivity contribution in [2.45, 2.75) is 19.1 Å². The van der Waals surface area contributed by atoms with E-state index in [1.54, 1.807) is 0 Å². The van der Waals surface area contributed by atoms with E-state index in [1.807, 2.05) is 0 Å². The van der Waals surface area contributed by atoms with Crippen molar-refractivity contribution in [1.29, 1.82) is 0 Å². The molecular formula is C17H15Cl2F3N2O3S. The van der Waals surface area contributed by atoms with Gasteiger partial charge >= 0.3 is 6.18 Å². The predicted molar refractivity (Wildman–Crippen MR) is 103 cm³/mol. The highest BCUT2D eigenvalue weighted by Crippen LogP contribution is 2.34. The zero-order valence-corrected chi connectivity index (χ0v) is 16.9. The Labute approximate surface area is 170 Å². The van der Waals surface area contributed by atoms with Gasteiger partial charge in [-0.1, -0.05) is 23.2 Å². The summed E-state index contributed by atoms with van der Waals surface area (Å²) in [6, 6.07) is 6.89. The second-order valence-electron chi connectivity index (χ2n) is 5.89. The van der Waals surface area contributed by atoms with E-state index in [0.717, 1.165) is 22.7 Å². The molecule has 0 aliphatic rings. The first-order valence-corrected chi connectivity index (χ1v) is 10.3. The van der Waals surface area contributed by atoms with Gasteiger partial charge in [0.1, 0.15) is 6.04 Å². The molecule has 1 atom stereocenters. The Morgan fingerprint density at radius 1 is 1.11 bits per heavy atom. The first-order chi connectivity index (χ1) is 12.8. The van der Waals surface area contributed by atoms with Crippen LogP contribution in [0.5, 0.6) is 0 Å². The van der Waals surface area contributed by atoms with Crippen molar-refractivity contribution in [1.82, 2.24) is 0 Å². The van der Waals surface area contributed by atoms with Crippen LogP contribution in [0.3, 0.4) is 0 Å². The fourth-order valence-electron chi connectivity index (χ4n) is 2.43. The Balaban J connectivity index is 2.35. The van der Waals surface area contributed by atoms with Gasteiger partial charge in [-0.2, -0.15) is 13.2 Å². The van der Waals surface area contributed by atoms with Gasteiger partial charge in [-0.3, -0.25) is 9.10 Å². The summed E-state index contributed by atoms with van der Waals surface area (Å²) in [5.74, 6) is -0.860. The monoisotopic (exact) mass is 454 g/mol. The topological polar surface area (TPSA) is 66.5 Å². The average molecular weight is 455 g/mol. The highest BCUT2D eigenvalue weighted by molar-refractivity contribution is 7.92. The number of rotatable bonds is 5. The van der Waals surface area contributed by atoms with Gasteiger partial charge in [0.2, 0.25) is 15.9 Å². The van der Waals surface area contributed by atoms with Gasteiger partial charge in [-0.15, -0.1) is 0 Å². The molecule has 0 aliphatic heterocycles. The zero-order valence-electron chi connectivity index (χ0n) is 14.6. The SMILES string of the molecule is C[C@H](C(=O)Nc1cc(C(F)(F)F)ccc1Cl)N(c1ccc(Cl)cc1)S(C)(=O)=O. The molecule has 28 heavy (non-hydrogen) atoms. The molecule has 0 heterocycles. The van der Waals surface area contributed by atoms with Crippen LogP contribution in [-0.2, 0) is 21.0 Å². The molecule has 1 amide bonds. The third kappa shape index (κ3) is 5.30. The number of nitrogens with zero attached hydrogens (tertiary/aromatic N) is 1. The average Bonchev–Trinajstić information content (AvgIpc) is 2.56. The Morgan fingerprint density at radius 2 is 1.68 bits per heavy atom. The smallest absolute Gasteiger partial charge is 0.323 e. The standard InChI is InChI=1S/C17H15Cl2F3N2O3S/c1-10(24(28(2,26)27)13-6-4-12(18)5-7-13)16(25)23-15-9-11(17(20,21)22)3-8-14(15)19/h3-10H,1-2H3,(H,23,25)/t10-/m1/s1. The molecule has 5 nitrogen and oxygen atoms in total. The molecule has 0 saturated carbocycles. The molecular weight excluding hydrogens is 440 g/mol. The summed E-state index contributed by atoms with van der Waals surface area (Å²) in [6.45, 7) is 1.30. The Hall–Kier alpha value is -1.97. The summed E-state index contributed by atoms with van der Waals surface area (Å²) >= 11 is 11.7. The van der Waals surface area contributed by atoms with Gasteiger partial charge in [0.05, 0.1) is 28.2 Å². The van der Waals surface area contributed by atoms with Gasteiger partial charge in [0.25, 0.3) is 0 Å². The quantitative estimate of drug-likeness (QED) is 0.704. The normalized spacial score (nSPS) is 13.1. The summed E-state index contributed by atoms with van der Waals surface area (Å²) in [7, 11) is -3.89. The van der Waals surface area contributed by atoms with Crippen molar-refractivity contribution in [3.63, 3.8) is 0 Å². The minimum absolute atomic E-state index is 0.119. The van der Waals surface area contributed by atoms with Crippen molar-refractivity contribution in [3.05, 3.63) is 58.1 Å². The van der Waals surface area contributed by atoms with Crippen LogP contribution in [0.4, 0.5) is 24.5 Å². The summed E-state index contributed by atoms with van der Waals surface area (Å²) in [5.41, 5.74) is -1.11. The van der Waals surface area contributed by atoms with E-state index in [1.165, 1.54) is 31.2 Å². The largest absolute Gasteiger partial charge is 0.416 e. The molecule has 0 unspecified atom stereocenters. The molecule has 0 aromatic heterocycles. The maximum Gasteiger partial charge on any atom is 0.416 e. The lowest BCUT2D eigenvalue weighted by atomic mass is 10.2. The first-order valence-electron chi connectivity index (χ1n) is 7.73. The van der Waals surface area contributed by atoms with Crippen LogP contribution in [0.15, 0.2) is 42.5 Å². The van der Waals surface area contributed by atoms with Crippen molar-refractivity contribution >= 4 is 50.5 Å². The molecule has 152 valence electrons. The van der Waals surface area contributed by atoms with E-state index in [2.05, 4.69) is 5.32 Å². The highest BCUT2D eigenvalue weighted by Gasteiger charge is 2.32. The van der Waals surface area contributed by atoms with E-state index >= 15 is 0 Å². The number of hydrogen-bond donors (Lipinski definition) is 1. The van der Waals surface area contributed by atoms with Crippen molar-refractivity contribution in [2.75, 3.05) is 15.9 Å². The van der Waals surface area contributed by atoms with E-state index in [-0.39, 0.29) is 16.4 Å². The van der Waals surface area contributed by atoms with E-state index in [9.17, 15) is 26.4 Å². The molecule has 2 aromatic carbocycles. The number of benzene rings is 2. The van der Waals surface area contributed by atoms with Crippen LogP contribution in [0, 0.1) is 0 Å². The number of halogens is 5. The maximum absolute atomic E-state index is 12.9. The number of sulfonamides is 1. The minimum atomic E-state index is -4.63.